The minimum Gasteiger partial charge on any atom is -0.309 e. The van der Waals surface area contributed by atoms with Gasteiger partial charge in [-0.3, -0.25) is 0 Å². The van der Waals surface area contributed by atoms with E-state index in [9.17, 15) is 8.78 Å². The smallest absolute Gasteiger partial charge is 0.137 e. The van der Waals surface area contributed by atoms with E-state index in [-0.39, 0.29) is 11.6 Å². The van der Waals surface area contributed by atoms with Crippen LogP contribution in [-0.2, 0) is 13.1 Å². The Morgan fingerprint density at radius 3 is 2.39 bits per heavy atom. The Morgan fingerprint density at radius 2 is 1.67 bits per heavy atom. The summed E-state index contributed by atoms with van der Waals surface area (Å²) in [7, 11) is 0. The molecule has 1 nitrogen and oxygen atoms in total. The second-order valence-corrected chi connectivity index (χ2v) is 4.74. The third-order valence-electron chi connectivity index (χ3n) is 2.59. The maximum atomic E-state index is 13.3. The van der Waals surface area contributed by atoms with Crippen molar-refractivity contribution in [1.29, 1.82) is 0 Å². The van der Waals surface area contributed by atoms with Crippen LogP contribution in [0, 0.1) is 11.6 Å². The van der Waals surface area contributed by atoms with Gasteiger partial charge in [0.15, 0.2) is 0 Å². The highest BCUT2D eigenvalue weighted by Gasteiger charge is 2.04. The minimum atomic E-state index is -0.268. The fourth-order valence-corrected chi connectivity index (χ4v) is 2.03. The minimum absolute atomic E-state index is 0.244. The second kappa shape index (κ2) is 6.07. The van der Waals surface area contributed by atoms with E-state index in [4.69, 9.17) is 0 Å². The fraction of sp³-hybridized carbons (Fsp3) is 0.143. The van der Waals surface area contributed by atoms with Crippen LogP contribution in [0.25, 0.3) is 0 Å². The summed E-state index contributed by atoms with van der Waals surface area (Å²) in [6.07, 6.45) is 0. The molecule has 0 aliphatic carbocycles. The Kier molecular flexibility index (Phi) is 4.44. The maximum Gasteiger partial charge on any atom is 0.137 e. The molecule has 0 unspecified atom stereocenters. The van der Waals surface area contributed by atoms with Gasteiger partial charge in [0.25, 0.3) is 0 Å². The van der Waals surface area contributed by atoms with Crippen LogP contribution in [-0.4, -0.2) is 0 Å². The lowest BCUT2D eigenvalue weighted by Crippen LogP contribution is -2.13. The Bertz CT molecular complexity index is 526. The van der Waals surface area contributed by atoms with Crippen LogP contribution in [0.15, 0.2) is 46.9 Å². The Hall–Kier alpha value is -1.26. The first-order valence-electron chi connectivity index (χ1n) is 5.55. The van der Waals surface area contributed by atoms with Gasteiger partial charge in [0, 0.05) is 13.1 Å². The van der Waals surface area contributed by atoms with Crippen molar-refractivity contribution in [2.24, 2.45) is 0 Å². The highest BCUT2D eigenvalue weighted by molar-refractivity contribution is 9.10. The first kappa shape index (κ1) is 13.2. The van der Waals surface area contributed by atoms with E-state index in [1.807, 2.05) is 6.07 Å². The molecular weight excluding hydrogens is 300 g/mol. The molecular formula is C14H12BrF2N. The van der Waals surface area contributed by atoms with Crippen molar-refractivity contribution in [1.82, 2.24) is 5.32 Å². The third-order valence-corrected chi connectivity index (χ3v) is 3.48. The highest BCUT2D eigenvalue weighted by atomic mass is 79.9. The summed E-state index contributed by atoms with van der Waals surface area (Å²) in [6.45, 7) is 1.17. The van der Waals surface area contributed by atoms with Gasteiger partial charge in [-0.25, -0.2) is 8.78 Å². The molecule has 0 radical (unpaired) electrons. The predicted molar refractivity (Wildman–Crippen MR) is 71.0 cm³/mol. The van der Waals surface area contributed by atoms with Crippen molar-refractivity contribution in [3.05, 3.63) is 69.7 Å². The quantitative estimate of drug-likeness (QED) is 0.899. The normalized spacial score (nSPS) is 10.6. The molecule has 0 amide bonds. The van der Waals surface area contributed by atoms with Crippen LogP contribution in [0.1, 0.15) is 11.1 Å². The van der Waals surface area contributed by atoms with Crippen molar-refractivity contribution in [2.75, 3.05) is 0 Å². The average Bonchev–Trinajstić information content (AvgIpc) is 2.37. The largest absolute Gasteiger partial charge is 0.309 e. The van der Waals surface area contributed by atoms with Crippen LogP contribution in [0.3, 0.4) is 0 Å². The van der Waals surface area contributed by atoms with E-state index in [1.54, 1.807) is 18.2 Å². The summed E-state index contributed by atoms with van der Waals surface area (Å²) in [5, 5.41) is 3.19. The Balaban J connectivity index is 1.92. The van der Waals surface area contributed by atoms with Crippen molar-refractivity contribution in [3.8, 4) is 0 Å². The van der Waals surface area contributed by atoms with E-state index in [0.29, 0.717) is 17.6 Å². The number of hydrogen-bond acceptors (Lipinski definition) is 1. The molecule has 2 aromatic rings. The molecule has 0 heterocycles. The molecule has 0 aliphatic rings. The number of benzene rings is 2. The van der Waals surface area contributed by atoms with Gasteiger partial charge < -0.3 is 5.32 Å². The van der Waals surface area contributed by atoms with Crippen molar-refractivity contribution >= 4 is 15.9 Å². The van der Waals surface area contributed by atoms with Gasteiger partial charge in [-0.1, -0.05) is 24.3 Å². The molecule has 2 rings (SSSR count). The predicted octanol–water partition coefficient (Wildman–Crippen LogP) is 4.02. The summed E-state index contributed by atoms with van der Waals surface area (Å²) in [5.74, 6) is -0.511. The molecule has 94 valence electrons. The first-order chi connectivity index (χ1) is 8.66. The molecule has 0 aromatic heterocycles. The van der Waals surface area contributed by atoms with Gasteiger partial charge in [0.1, 0.15) is 11.6 Å². The van der Waals surface area contributed by atoms with Gasteiger partial charge in [0.2, 0.25) is 0 Å². The zero-order valence-corrected chi connectivity index (χ0v) is 11.2. The lowest BCUT2D eigenvalue weighted by molar-refractivity contribution is 0.611. The molecule has 0 spiro atoms. The monoisotopic (exact) mass is 311 g/mol. The first-order valence-corrected chi connectivity index (χ1v) is 6.34. The van der Waals surface area contributed by atoms with Gasteiger partial charge in [-0.05, 0) is 45.3 Å². The summed E-state index contributed by atoms with van der Waals surface area (Å²) in [4.78, 5) is 0. The van der Waals surface area contributed by atoms with Gasteiger partial charge >= 0.3 is 0 Å². The SMILES string of the molecule is Fc1ccc(CNCc2cccc(F)c2Br)cc1. The molecule has 0 fully saturated rings. The lowest BCUT2D eigenvalue weighted by Gasteiger charge is -2.07. The highest BCUT2D eigenvalue weighted by Crippen LogP contribution is 2.20. The molecule has 1 N–H and O–H groups in total. The molecule has 0 saturated heterocycles. The molecule has 18 heavy (non-hydrogen) atoms. The number of rotatable bonds is 4. The van der Waals surface area contributed by atoms with Crippen LogP contribution in [0.5, 0.6) is 0 Å². The summed E-state index contributed by atoms with van der Waals surface area (Å²) in [5.41, 5.74) is 1.85. The van der Waals surface area contributed by atoms with Crippen molar-refractivity contribution < 1.29 is 8.78 Å². The number of nitrogens with one attached hydrogen (secondary N) is 1. The zero-order valence-electron chi connectivity index (χ0n) is 9.59. The van der Waals surface area contributed by atoms with Crippen LogP contribution in [0.4, 0.5) is 8.78 Å². The van der Waals surface area contributed by atoms with E-state index in [1.165, 1.54) is 18.2 Å². The summed E-state index contributed by atoms with van der Waals surface area (Å²) >= 11 is 3.21. The molecule has 0 atom stereocenters. The third kappa shape index (κ3) is 3.37. The second-order valence-electron chi connectivity index (χ2n) is 3.94. The van der Waals surface area contributed by atoms with Gasteiger partial charge in [-0.15, -0.1) is 0 Å². The van der Waals surface area contributed by atoms with Crippen molar-refractivity contribution in [3.63, 3.8) is 0 Å². The summed E-state index contributed by atoms with van der Waals surface area (Å²) in [6, 6.07) is 11.2. The van der Waals surface area contributed by atoms with Crippen LogP contribution in [0.2, 0.25) is 0 Å². The number of hydrogen-bond donors (Lipinski definition) is 1. The Morgan fingerprint density at radius 1 is 0.944 bits per heavy atom. The van der Waals surface area contributed by atoms with E-state index >= 15 is 0 Å². The van der Waals surface area contributed by atoms with E-state index < -0.39 is 0 Å². The van der Waals surface area contributed by atoms with Crippen LogP contribution >= 0.6 is 15.9 Å². The lowest BCUT2D eigenvalue weighted by atomic mass is 10.2. The Labute approximate surface area is 113 Å². The molecule has 0 saturated carbocycles. The standard InChI is InChI=1S/C14H12BrF2N/c15-14-11(2-1-3-13(14)17)9-18-8-10-4-6-12(16)7-5-10/h1-7,18H,8-9H2. The topological polar surface area (TPSA) is 12.0 Å². The maximum absolute atomic E-state index is 13.3. The summed E-state index contributed by atoms with van der Waals surface area (Å²) < 4.78 is 26.4. The van der Waals surface area contributed by atoms with Gasteiger partial charge in [0.05, 0.1) is 4.47 Å². The van der Waals surface area contributed by atoms with E-state index in [0.717, 1.165) is 11.1 Å². The fourth-order valence-electron chi connectivity index (χ4n) is 1.63. The molecule has 0 bridgehead atoms. The molecule has 4 heteroatoms. The zero-order chi connectivity index (χ0) is 13.0. The molecule has 0 aliphatic heterocycles. The number of halogens is 3. The van der Waals surface area contributed by atoms with Crippen molar-refractivity contribution in [2.45, 2.75) is 13.1 Å². The van der Waals surface area contributed by atoms with E-state index in [2.05, 4.69) is 21.2 Å². The average molecular weight is 312 g/mol. The van der Waals surface area contributed by atoms with Gasteiger partial charge in [-0.2, -0.15) is 0 Å². The molecule has 2 aromatic carbocycles. The van der Waals surface area contributed by atoms with Crippen LogP contribution < -0.4 is 5.32 Å².